The molecule has 0 bridgehead atoms. The monoisotopic (exact) mass is 954 g/mol. The zero-order valence-corrected chi connectivity index (χ0v) is 41.3. The van der Waals surface area contributed by atoms with E-state index in [2.05, 4.69) is 313 Å². The number of rotatable bonds is 10. The second-order valence-electron chi connectivity index (χ2n) is 19.6. The van der Waals surface area contributed by atoms with E-state index in [1.165, 1.54) is 89.0 Å². The first-order chi connectivity index (χ1) is 37.2. The van der Waals surface area contributed by atoms with Gasteiger partial charge >= 0.3 is 0 Å². The molecule has 0 saturated heterocycles. The summed E-state index contributed by atoms with van der Waals surface area (Å²) in [6.45, 7) is 0. The standard InChI is InChI=1S/C73H50N2/c1-5-23-51(24-6-1)55-31-17-35-59(47-55)74(60-36-18-32-56(48-60)52-25-7-2-8-26-52)69-45-21-43-67-71(69)63-39-13-15-41-65(63)73(67)66-42-16-14-40-64(66)72-68(73)44-22-46-70(72)75(61-37-19-33-57(49-61)53-27-9-3-10-28-53)62-38-20-34-58(50-62)54-29-11-4-12-30-54/h1-50H. The molecular weight excluding hydrogens is 905 g/mol. The molecule has 0 unspecified atom stereocenters. The Hall–Kier alpha value is -9.76. The summed E-state index contributed by atoms with van der Waals surface area (Å²) in [6, 6.07) is 111. The van der Waals surface area contributed by atoms with Crippen LogP contribution in [0.2, 0.25) is 0 Å². The fraction of sp³-hybridized carbons (Fsp3) is 0.0137. The summed E-state index contributed by atoms with van der Waals surface area (Å²) in [6.07, 6.45) is 0. The maximum absolute atomic E-state index is 2.49. The van der Waals surface area contributed by atoms with Gasteiger partial charge in [-0.15, -0.1) is 0 Å². The smallest absolute Gasteiger partial charge is 0.0727 e. The SMILES string of the molecule is c1ccc(-c2cccc(N(c3cccc(-c4ccccc4)c3)c3cccc4c3-c3ccccc3C43c4ccccc4-c4c(N(c5cccc(-c6ccccc6)c5)c5cccc(-c6ccccc6)c5)cccc43)c2)cc1. The third-order valence-corrected chi connectivity index (χ3v) is 15.4. The van der Waals surface area contributed by atoms with Crippen LogP contribution >= 0.6 is 0 Å². The minimum Gasteiger partial charge on any atom is -0.310 e. The minimum atomic E-state index is -0.628. The molecule has 0 heterocycles. The lowest BCUT2D eigenvalue weighted by Crippen LogP contribution is -2.26. The number of benzene rings is 12. The van der Waals surface area contributed by atoms with Gasteiger partial charge in [0.05, 0.1) is 16.8 Å². The molecule has 2 aliphatic carbocycles. The summed E-state index contributed by atoms with van der Waals surface area (Å²) in [4.78, 5) is 4.99. The summed E-state index contributed by atoms with van der Waals surface area (Å²) in [5, 5.41) is 0. The van der Waals surface area contributed by atoms with Gasteiger partial charge in [0.25, 0.3) is 0 Å². The van der Waals surface area contributed by atoms with Crippen molar-refractivity contribution in [2.45, 2.75) is 5.41 Å². The van der Waals surface area contributed by atoms with Gasteiger partial charge in [-0.1, -0.05) is 243 Å². The molecular formula is C73H50N2. The third kappa shape index (κ3) is 7.33. The van der Waals surface area contributed by atoms with Crippen molar-refractivity contribution in [1.82, 2.24) is 0 Å². The Morgan fingerprint density at radius 1 is 0.200 bits per heavy atom. The van der Waals surface area contributed by atoms with Crippen LogP contribution in [0.3, 0.4) is 0 Å². The molecule has 1 spiro atoms. The van der Waals surface area contributed by atoms with E-state index in [-0.39, 0.29) is 0 Å². The molecule has 2 heteroatoms. The molecule has 0 amide bonds. The minimum absolute atomic E-state index is 0.628. The Morgan fingerprint density at radius 3 is 0.773 bits per heavy atom. The molecule has 0 aromatic heterocycles. The van der Waals surface area contributed by atoms with E-state index in [0.29, 0.717) is 0 Å². The molecule has 12 aromatic rings. The second-order valence-corrected chi connectivity index (χ2v) is 19.6. The van der Waals surface area contributed by atoms with Gasteiger partial charge in [-0.25, -0.2) is 0 Å². The summed E-state index contributed by atoms with van der Waals surface area (Å²) >= 11 is 0. The summed E-state index contributed by atoms with van der Waals surface area (Å²) < 4.78 is 0. The molecule has 0 saturated carbocycles. The molecule has 14 rings (SSSR count). The van der Waals surface area contributed by atoms with Crippen LogP contribution in [0.1, 0.15) is 22.3 Å². The molecule has 0 atom stereocenters. The van der Waals surface area contributed by atoms with Gasteiger partial charge in [-0.05, 0) is 139 Å². The molecule has 12 aromatic carbocycles. The van der Waals surface area contributed by atoms with Gasteiger partial charge in [-0.2, -0.15) is 0 Å². The Labute approximate surface area is 439 Å². The lowest BCUT2D eigenvalue weighted by Gasteiger charge is -2.33. The van der Waals surface area contributed by atoms with E-state index in [1.54, 1.807) is 0 Å². The Morgan fingerprint density at radius 2 is 0.453 bits per heavy atom. The van der Waals surface area contributed by atoms with Crippen molar-refractivity contribution in [2.75, 3.05) is 9.80 Å². The number of fused-ring (bicyclic) bond motifs is 10. The predicted octanol–water partition coefficient (Wildman–Crippen LogP) is 19.6. The van der Waals surface area contributed by atoms with Gasteiger partial charge in [0.2, 0.25) is 0 Å². The second kappa shape index (κ2) is 18.4. The normalized spacial score (nSPS) is 12.4. The van der Waals surface area contributed by atoms with E-state index >= 15 is 0 Å². The highest BCUT2D eigenvalue weighted by atomic mass is 15.2. The Kier molecular flexibility index (Phi) is 10.8. The van der Waals surface area contributed by atoms with Crippen LogP contribution in [-0.2, 0) is 5.41 Å². The van der Waals surface area contributed by atoms with Crippen molar-refractivity contribution in [3.05, 3.63) is 326 Å². The zero-order valence-electron chi connectivity index (χ0n) is 41.3. The van der Waals surface area contributed by atoms with Crippen LogP contribution < -0.4 is 9.80 Å². The van der Waals surface area contributed by atoms with Crippen LogP contribution in [0.25, 0.3) is 66.8 Å². The maximum Gasteiger partial charge on any atom is 0.0727 e. The highest BCUT2D eigenvalue weighted by Gasteiger charge is 2.53. The summed E-state index contributed by atoms with van der Waals surface area (Å²) in [5.74, 6) is 0. The van der Waals surface area contributed by atoms with Crippen molar-refractivity contribution in [3.8, 4) is 66.8 Å². The van der Waals surface area contributed by atoms with Gasteiger partial charge < -0.3 is 9.80 Å². The number of anilines is 6. The third-order valence-electron chi connectivity index (χ3n) is 15.4. The van der Waals surface area contributed by atoms with Crippen molar-refractivity contribution < 1.29 is 0 Å². The number of hydrogen-bond donors (Lipinski definition) is 0. The van der Waals surface area contributed by atoms with Crippen LogP contribution in [0.15, 0.2) is 303 Å². The first kappa shape index (κ1) is 44.0. The molecule has 352 valence electrons. The van der Waals surface area contributed by atoms with Gasteiger partial charge in [0.1, 0.15) is 0 Å². The molecule has 75 heavy (non-hydrogen) atoms. The largest absolute Gasteiger partial charge is 0.310 e. The van der Waals surface area contributed by atoms with Gasteiger partial charge in [-0.3, -0.25) is 0 Å². The average Bonchev–Trinajstić information content (AvgIpc) is 4.09. The lowest BCUT2D eigenvalue weighted by molar-refractivity contribution is 0.793. The predicted molar refractivity (Wildman–Crippen MR) is 314 cm³/mol. The molecule has 0 aliphatic heterocycles. The highest BCUT2D eigenvalue weighted by molar-refractivity contribution is 6.04. The van der Waals surface area contributed by atoms with Crippen LogP contribution in [0, 0.1) is 0 Å². The first-order valence-electron chi connectivity index (χ1n) is 25.9. The van der Waals surface area contributed by atoms with Crippen molar-refractivity contribution in [1.29, 1.82) is 0 Å². The topological polar surface area (TPSA) is 6.48 Å². The fourth-order valence-electron chi connectivity index (χ4n) is 12.2. The van der Waals surface area contributed by atoms with E-state index in [9.17, 15) is 0 Å². The average molecular weight is 955 g/mol. The quantitative estimate of drug-likeness (QED) is 0.135. The maximum atomic E-state index is 2.49. The van der Waals surface area contributed by atoms with E-state index in [1.807, 2.05) is 0 Å². The molecule has 0 N–H and O–H groups in total. The zero-order chi connectivity index (χ0) is 49.7. The van der Waals surface area contributed by atoms with E-state index in [4.69, 9.17) is 0 Å². The van der Waals surface area contributed by atoms with Gasteiger partial charge in [0.15, 0.2) is 0 Å². The Bertz CT molecular complexity index is 3640. The van der Waals surface area contributed by atoms with Crippen LogP contribution in [0.5, 0.6) is 0 Å². The van der Waals surface area contributed by atoms with E-state index < -0.39 is 5.41 Å². The molecule has 0 fully saturated rings. The van der Waals surface area contributed by atoms with Crippen molar-refractivity contribution >= 4 is 34.1 Å². The molecule has 2 aliphatic rings. The van der Waals surface area contributed by atoms with Crippen molar-refractivity contribution in [2.24, 2.45) is 0 Å². The van der Waals surface area contributed by atoms with Crippen LogP contribution in [-0.4, -0.2) is 0 Å². The summed E-state index contributed by atoms with van der Waals surface area (Å²) in [5.41, 5.74) is 25.5. The number of nitrogens with zero attached hydrogens (tertiary/aromatic N) is 2. The first-order valence-corrected chi connectivity index (χ1v) is 25.9. The van der Waals surface area contributed by atoms with E-state index in [0.717, 1.165) is 34.1 Å². The van der Waals surface area contributed by atoms with Gasteiger partial charge in [0, 0.05) is 33.9 Å². The summed E-state index contributed by atoms with van der Waals surface area (Å²) in [7, 11) is 0. The lowest BCUT2D eigenvalue weighted by atomic mass is 9.70. The fourth-order valence-corrected chi connectivity index (χ4v) is 12.2. The van der Waals surface area contributed by atoms with Crippen molar-refractivity contribution in [3.63, 3.8) is 0 Å². The highest BCUT2D eigenvalue weighted by Crippen LogP contribution is 2.66. The molecule has 0 radical (unpaired) electrons. The molecule has 2 nitrogen and oxygen atoms in total. The Balaban J connectivity index is 1.02. The van der Waals surface area contributed by atoms with Crippen LogP contribution in [0.4, 0.5) is 34.1 Å². The number of hydrogen-bond acceptors (Lipinski definition) is 2.